The number of carbonyl (C=O) groups excluding carboxylic acids is 1. The quantitative estimate of drug-likeness (QED) is 0.675. The van der Waals surface area contributed by atoms with Gasteiger partial charge in [0.15, 0.2) is 5.78 Å². The van der Waals surface area contributed by atoms with Gasteiger partial charge in [0, 0.05) is 32.7 Å². The topological polar surface area (TPSA) is 56.6 Å². The van der Waals surface area contributed by atoms with Gasteiger partial charge in [-0.3, -0.25) is 4.79 Å². The average Bonchev–Trinajstić information content (AvgIpc) is 2.92. The van der Waals surface area contributed by atoms with E-state index in [4.69, 9.17) is 16.9 Å². The monoisotopic (exact) mass is 358 g/mol. The van der Waals surface area contributed by atoms with Gasteiger partial charge >= 0.3 is 0 Å². The van der Waals surface area contributed by atoms with Gasteiger partial charge in [-0.05, 0) is 46.3 Å². The second-order valence-corrected chi connectivity index (χ2v) is 5.74. The number of hydrogen-bond donors (Lipinski definition) is 1. The van der Waals surface area contributed by atoms with Crippen LogP contribution in [0.5, 0.6) is 0 Å². The van der Waals surface area contributed by atoms with Crippen molar-refractivity contribution in [1.29, 1.82) is 5.26 Å². The molecule has 0 aliphatic carbocycles. The van der Waals surface area contributed by atoms with E-state index >= 15 is 0 Å². The van der Waals surface area contributed by atoms with Crippen LogP contribution in [0.4, 0.5) is 0 Å². The lowest BCUT2D eigenvalue weighted by Crippen LogP contribution is -2.01. The van der Waals surface area contributed by atoms with Crippen molar-refractivity contribution in [2.45, 2.75) is 0 Å². The fourth-order valence-corrected chi connectivity index (χ4v) is 2.78. The molecule has 0 atom stereocenters. The molecular weight excluding hydrogens is 352 g/mol. The predicted molar refractivity (Wildman–Crippen MR) is 85.6 cm³/mol. The minimum atomic E-state index is -0.178. The molecule has 0 fully saturated rings. The summed E-state index contributed by atoms with van der Waals surface area (Å²) < 4.78 is 0.674. The summed E-state index contributed by atoms with van der Waals surface area (Å²) in [6, 6.07) is 12.5. The third kappa shape index (κ3) is 2.35. The highest BCUT2D eigenvalue weighted by molar-refractivity contribution is 9.10. The minimum absolute atomic E-state index is 0.178. The van der Waals surface area contributed by atoms with Gasteiger partial charge in [-0.1, -0.05) is 17.7 Å². The second-order valence-electron chi connectivity index (χ2n) is 4.51. The first-order valence-corrected chi connectivity index (χ1v) is 7.29. The molecule has 3 nitrogen and oxygen atoms in total. The van der Waals surface area contributed by atoms with Crippen LogP contribution in [0.2, 0.25) is 5.02 Å². The van der Waals surface area contributed by atoms with E-state index in [1.165, 1.54) is 0 Å². The fourth-order valence-electron chi connectivity index (χ4n) is 2.20. The van der Waals surface area contributed by atoms with E-state index in [0.717, 1.165) is 10.9 Å². The van der Waals surface area contributed by atoms with Crippen molar-refractivity contribution in [2.24, 2.45) is 0 Å². The molecule has 3 rings (SSSR count). The Morgan fingerprint density at radius 3 is 2.81 bits per heavy atom. The third-order valence-corrected chi connectivity index (χ3v) is 4.55. The van der Waals surface area contributed by atoms with Crippen LogP contribution < -0.4 is 0 Å². The number of carbonyl (C=O) groups is 1. The van der Waals surface area contributed by atoms with E-state index in [-0.39, 0.29) is 5.78 Å². The Balaban J connectivity index is 2.18. The van der Waals surface area contributed by atoms with Gasteiger partial charge < -0.3 is 4.98 Å². The molecule has 1 N–H and O–H groups in total. The number of nitrogens with one attached hydrogen (secondary N) is 1. The number of fused-ring (bicyclic) bond motifs is 1. The van der Waals surface area contributed by atoms with Crippen molar-refractivity contribution >= 4 is 44.2 Å². The van der Waals surface area contributed by atoms with E-state index in [9.17, 15) is 4.79 Å². The Labute approximate surface area is 134 Å². The summed E-state index contributed by atoms with van der Waals surface area (Å²) in [7, 11) is 0. The highest BCUT2D eigenvalue weighted by Gasteiger charge is 2.18. The van der Waals surface area contributed by atoms with Crippen molar-refractivity contribution in [3.8, 4) is 6.07 Å². The molecule has 0 amide bonds. The molecule has 5 heteroatoms. The molecule has 0 spiro atoms. The van der Waals surface area contributed by atoms with E-state index in [1.54, 1.807) is 42.6 Å². The van der Waals surface area contributed by atoms with Gasteiger partial charge in [0.05, 0.1) is 16.7 Å². The molecule has 102 valence electrons. The largest absolute Gasteiger partial charge is 0.360 e. The average molecular weight is 360 g/mol. The van der Waals surface area contributed by atoms with E-state index in [0.29, 0.717) is 26.2 Å². The first kappa shape index (κ1) is 13.9. The number of aromatic amines is 1. The van der Waals surface area contributed by atoms with Gasteiger partial charge in [0.25, 0.3) is 0 Å². The van der Waals surface area contributed by atoms with Crippen LogP contribution in [0.25, 0.3) is 10.9 Å². The molecule has 0 saturated heterocycles. The lowest BCUT2D eigenvalue weighted by molar-refractivity contribution is 0.104. The molecule has 0 bridgehead atoms. The van der Waals surface area contributed by atoms with Crippen LogP contribution in [0.1, 0.15) is 21.5 Å². The summed E-state index contributed by atoms with van der Waals surface area (Å²) in [5.74, 6) is -0.178. The molecule has 0 saturated carbocycles. The highest BCUT2D eigenvalue weighted by atomic mass is 79.9. The molecule has 1 aromatic heterocycles. The summed E-state index contributed by atoms with van der Waals surface area (Å²) in [4.78, 5) is 15.7. The first-order chi connectivity index (χ1) is 10.1. The summed E-state index contributed by atoms with van der Waals surface area (Å²) >= 11 is 9.50. The smallest absolute Gasteiger partial charge is 0.196 e. The maximum atomic E-state index is 12.7. The summed E-state index contributed by atoms with van der Waals surface area (Å²) in [5, 5.41) is 10.1. The number of benzene rings is 2. The molecular formula is C16H8BrClN2O. The summed E-state index contributed by atoms with van der Waals surface area (Å²) in [5.41, 5.74) is 2.25. The maximum Gasteiger partial charge on any atom is 0.196 e. The Kier molecular flexibility index (Phi) is 3.54. The molecule has 0 unspecified atom stereocenters. The van der Waals surface area contributed by atoms with E-state index < -0.39 is 0 Å². The van der Waals surface area contributed by atoms with Crippen LogP contribution in [0, 0.1) is 11.3 Å². The van der Waals surface area contributed by atoms with Gasteiger partial charge in [-0.25, -0.2) is 0 Å². The van der Waals surface area contributed by atoms with Crippen LogP contribution in [0.3, 0.4) is 0 Å². The zero-order valence-electron chi connectivity index (χ0n) is 10.7. The lowest BCUT2D eigenvalue weighted by atomic mass is 10.0. The minimum Gasteiger partial charge on any atom is -0.360 e. The zero-order valence-corrected chi connectivity index (χ0v) is 13.0. The predicted octanol–water partition coefficient (Wildman–Crippen LogP) is 4.69. The fraction of sp³-hybridized carbons (Fsp3) is 0. The van der Waals surface area contributed by atoms with Gasteiger partial charge in [-0.2, -0.15) is 5.26 Å². The third-order valence-electron chi connectivity index (χ3n) is 3.25. The Morgan fingerprint density at radius 2 is 2.05 bits per heavy atom. The Hall–Kier alpha value is -2.09. The van der Waals surface area contributed by atoms with Crippen molar-refractivity contribution in [3.63, 3.8) is 0 Å². The SMILES string of the molecule is N#Cc1ccc2[nH]cc(C(=O)c3cccc(Br)c3Cl)c2c1. The number of aromatic nitrogens is 1. The van der Waals surface area contributed by atoms with Gasteiger partial charge in [0.1, 0.15) is 0 Å². The number of rotatable bonds is 2. The number of ketones is 1. The summed E-state index contributed by atoms with van der Waals surface area (Å²) in [6.07, 6.45) is 1.64. The number of hydrogen-bond acceptors (Lipinski definition) is 2. The second kappa shape index (κ2) is 5.36. The van der Waals surface area contributed by atoms with Crippen LogP contribution in [-0.4, -0.2) is 10.8 Å². The molecule has 0 aliphatic rings. The van der Waals surface area contributed by atoms with Gasteiger partial charge in [-0.15, -0.1) is 0 Å². The van der Waals surface area contributed by atoms with Crippen LogP contribution >= 0.6 is 27.5 Å². The standard InChI is InChI=1S/C16H8BrClN2O/c17-13-3-1-2-10(15(13)18)16(21)12-8-20-14-5-4-9(7-19)6-11(12)14/h1-6,8,20H. The Bertz CT molecular complexity index is 908. The molecule has 3 aromatic rings. The lowest BCUT2D eigenvalue weighted by Gasteiger charge is -2.04. The van der Waals surface area contributed by atoms with Gasteiger partial charge in [0.2, 0.25) is 0 Å². The normalized spacial score (nSPS) is 10.5. The first-order valence-electron chi connectivity index (χ1n) is 6.12. The van der Waals surface area contributed by atoms with E-state index in [1.807, 2.05) is 0 Å². The van der Waals surface area contributed by atoms with Crippen LogP contribution in [0.15, 0.2) is 47.1 Å². The molecule has 0 radical (unpaired) electrons. The van der Waals surface area contributed by atoms with Crippen molar-refractivity contribution in [2.75, 3.05) is 0 Å². The molecule has 21 heavy (non-hydrogen) atoms. The van der Waals surface area contributed by atoms with Crippen molar-refractivity contribution in [1.82, 2.24) is 4.98 Å². The van der Waals surface area contributed by atoms with Crippen molar-refractivity contribution in [3.05, 3.63) is 68.8 Å². The number of H-pyrrole nitrogens is 1. The van der Waals surface area contributed by atoms with E-state index in [2.05, 4.69) is 27.0 Å². The molecule has 2 aromatic carbocycles. The molecule has 0 aliphatic heterocycles. The zero-order chi connectivity index (χ0) is 15.0. The van der Waals surface area contributed by atoms with Crippen LogP contribution in [-0.2, 0) is 0 Å². The summed E-state index contributed by atoms with van der Waals surface area (Å²) in [6.45, 7) is 0. The highest BCUT2D eigenvalue weighted by Crippen LogP contribution is 2.30. The Morgan fingerprint density at radius 1 is 1.24 bits per heavy atom. The molecule has 1 heterocycles. The number of nitrogens with zero attached hydrogens (tertiary/aromatic N) is 1. The number of halogens is 2. The maximum absolute atomic E-state index is 12.7. The van der Waals surface area contributed by atoms with Crippen molar-refractivity contribution < 1.29 is 4.79 Å². The number of nitriles is 1.